The monoisotopic (exact) mass is 301 g/mol. The first-order chi connectivity index (χ1) is 7.61. The minimum Gasteiger partial charge on any atom is -0.505 e. The number of hydrogen-bond acceptors (Lipinski definition) is 3. The van der Waals surface area contributed by atoms with Crippen molar-refractivity contribution < 1.29 is 9.50 Å². The summed E-state index contributed by atoms with van der Waals surface area (Å²) in [5, 5.41) is 11.6. The molecule has 0 radical (unpaired) electrons. The number of hydrogen-bond donors (Lipinski definition) is 2. The molecule has 0 bridgehead atoms. The molecular weight excluding hydrogens is 293 g/mol. The first kappa shape index (κ1) is 11.6. The smallest absolute Gasteiger partial charge is 0.165 e. The second-order valence-corrected chi connectivity index (χ2v) is 5.12. The molecule has 1 aromatic heterocycles. The lowest BCUT2D eigenvalue weighted by Crippen LogP contribution is -2.11. The van der Waals surface area contributed by atoms with Crippen LogP contribution in [0.5, 0.6) is 5.75 Å². The maximum Gasteiger partial charge on any atom is 0.165 e. The van der Waals surface area contributed by atoms with Gasteiger partial charge in [0.1, 0.15) is 0 Å². The van der Waals surface area contributed by atoms with Crippen molar-refractivity contribution in [3.05, 3.63) is 50.4 Å². The van der Waals surface area contributed by atoms with Gasteiger partial charge in [0.15, 0.2) is 11.6 Å². The van der Waals surface area contributed by atoms with E-state index in [0.717, 1.165) is 4.88 Å². The van der Waals surface area contributed by atoms with Gasteiger partial charge in [0, 0.05) is 14.9 Å². The normalized spacial score (nSPS) is 12.7. The molecule has 2 nitrogen and oxygen atoms in total. The number of thiophene rings is 1. The lowest BCUT2D eigenvalue weighted by atomic mass is 10.0. The van der Waals surface area contributed by atoms with Gasteiger partial charge in [-0.15, -0.1) is 11.3 Å². The Morgan fingerprint density at radius 2 is 2.12 bits per heavy atom. The largest absolute Gasteiger partial charge is 0.505 e. The number of rotatable bonds is 2. The van der Waals surface area contributed by atoms with Crippen LogP contribution in [-0.2, 0) is 0 Å². The molecule has 0 spiro atoms. The maximum absolute atomic E-state index is 13.2. The van der Waals surface area contributed by atoms with E-state index in [2.05, 4.69) is 15.9 Å². The molecular formula is C11H9BrFNOS. The molecule has 0 fully saturated rings. The third-order valence-electron chi connectivity index (χ3n) is 2.28. The fourth-order valence-corrected chi connectivity index (χ4v) is 2.77. The van der Waals surface area contributed by atoms with E-state index in [1.165, 1.54) is 23.5 Å². The van der Waals surface area contributed by atoms with Crippen molar-refractivity contribution in [2.45, 2.75) is 6.04 Å². The highest BCUT2D eigenvalue weighted by Crippen LogP contribution is 2.36. The number of phenolic OH excluding ortho intramolecular Hbond substituents is 1. The van der Waals surface area contributed by atoms with Gasteiger partial charge in [0.2, 0.25) is 0 Å². The van der Waals surface area contributed by atoms with Crippen molar-refractivity contribution in [2.24, 2.45) is 5.73 Å². The van der Waals surface area contributed by atoms with Crippen molar-refractivity contribution in [1.82, 2.24) is 0 Å². The molecule has 1 heterocycles. The van der Waals surface area contributed by atoms with E-state index in [4.69, 9.17) is 5.73 Å². The summed E-state index contributed by atoms with van der Waals surface area (Å²) < 4.78 is 13.8. The Bertz CT molecular complexity index is 501. The zero-order chi connectivity index (χ0) is 11.7. The topological polar surface area (TPSA) is 46.2 Å². The van der Waals surface area contributed by atoms with Crippen LogP contribution in [0.25, 0.3) is 0 Å². The lowest BCUT2D eigenvalue weighted by molar-refractivity contribution is 0.423. The van der Waals surface area contributed by atoms with Crippen LogP contribution in [0, 0.1) is 5.82 Å². The first-order valence-electron chi connectivity index (χ1n) is 4.57. The summed E-state index contributed by atoms with van der Waals surface area (Å²) in [6.07, 6.45) is 0. The molecule has 0 aliphatic carbocycles. The zero-order valence-corrected chi connectivity index (χ0v) is 10.6. The van der Waals surface area contributed by atoms with Crippen LogP contribution in [0.1, 0.15) is 16.5 Å². The average Bonchev–Trinajstić information content (AvgIpc) is 2.77. The van der Waals surface area contributed by atoms with Gasteiger partial charge >= 0.3 is 0 Å². The van der Waals surface area contributed by atoms with E-state index >= 15 is 0 Å². The van der Waals surface area contributed by atoms with Crippen molar-refractivity contribution in [2.75, 3.05) is 0 Å². The summed E-state index contributed by atoms with van der Waals surface area (Å²) in [5.41, 5.74) is 6.36. The molecule has 0 amide bonds. The molecule has 1 aromatic carbocycles. The SMILES string of the molecule is N[C@@H](c1cccs1)c1c(Br)ccc(F)c1O. The molecule has 0 aliphatic rings. The molecule has 5 heteroatoms. The van der Waals surface area contributed by atoms with Gasteiger partial charge in [-0.05, 0) is 23.6 Å². The molecule has 84 valence electrons. The minimum absolute atomic E-state index is 0.377. The van der Waals surface area contributed by atoms with Gasteiger partial charge in [-0.3, -0.25) is 0 Å². The summed E-state index contributed by atoms with van der Waals surface area (Å²) >= 11 is 4.74. The van der Waals surface area contributed by atoms with Crippen LogP contribution >= 0.6 is 27.3 Å². The summed E-state index contributed by atoms with van der Waals surface area (Å²) in [6.45, 7) is 0. The molecule has 2 rings (SSSR count). The fourth-order valence-electron chi connectivity index (χ4n) is 1.46. The molecule has 2 aromatic rings. The highest BCUT2D eigenvalue weighted by molar-refractivity contribution is 9.10. The third-order valence-corrected chi connectivity index (χ3v) is 3.92. The predicted molar refractivity (Wildman–Crippen MR) is 66.1 cm³/mol. The maximum atomic E-state index is 13.2. The van der Waals surface area contributed by atoms with Gasteiger partial charge in [-0.25, -0.2) is 4.39 Å². The highest BCUT2D eigenvalue weighted by atomic mass is 79.9. The average molecular weight is 302 g/mol. The fraction of sp³-hybridized carbons (Fsp3) is 0.0909. The van der Waals surface area contributed by atoms with Crippen LogP contribution in [0.2, 0.25) is 0 Å². The predicted octanol–water partition coefficient (Wildman–Crippen LogP) is 3.40. The van der Waals surface area contributed by atoms with Gasteiger partial charge in [-0.1, -0.05) is 22.0 Å². The van der Waals surface area contributed by atoms with Gasteiger partial charge in [0.05, 0.1) is 6.04 Å². The zero-order valence-electron chi connectivity index (χ0n) is 8.15. The Kier molecular flexibility index (Phi) is 3.28. The second-order valence-electron chi connectivity index (χ2n) is 3.28. The molecule has 0 saturated carbocycles. The van der Waals surface area contributed by atoms with E-state index < -0.39 is 17.6 Å². The lowest BCUT2D eigenvalue weighted by Gasteiger charge is -2.14. The third kappa shape index (κ3) is 1.98. The van der Waals surface area contributed by atoms with E-state index in [0.29, 0.717) is 10.0 Å². The van der Waals surface area contributed by atoms with Crippen LogP contribution in [-0.4, -0.2) is 5.11 Å². The highest BCUT2D eigenvalue weighted by Gasteiger charge is 2.19. The quantitative estimate of drug-likeness (QED) is 0.893. The molecule has 1 atom stereocenters. The van der Waals surface area contributed by atoms with Gasteiger partial charge in [-0.2, -0.15) is 0 Å². The molecule has 0 aliphatic heterocycles. The number of phenols is 1. The van der Waals surface area contributed by atoms with Crippen molar-refractivity contribution in [3.63, 3.8) is 0 Å². The Morgan fingerprint density at radius 3 is 2.75 bits per heavy atom. The Balaban J connectivity index is 2.52. The molecule has 3 N–H and O–H groups in total. The summed E-state index contributed by atoms with van der Waals surface area (Å²) in [4.78, 5) is 0.876. The van der Waals surface area contributed by atoms with E-state index in [1.807, 2.05) is 17.5 Å². The number of aromatic hydroxyl groups is 1. The van der Waals surface area contributed by atoms with E-state index in [1.54, 1.807) is 0 Å². The van der Waals surface area contributed by atoms with Gasteiger partial charge in [0.25, 0.3) is 0 Å². The van der Waals surface area contributed by atoms with E-state index in [9.17, 15) is 9.50 Å². The standard InChI is InChI=1S/C11H9BrFNOS/c12-6-3-4-7(13)11(15)9(6)10(14)8-2-1-5-16-8/h1-5,10,15H,14H2/t10-/m0/s1. The molecule has 16 heavy (non-hydrogen) atoms. The Hall–Kier alpha value is -0.910. The summed E-state index contributed by atoms with van der Waals surface area (Å²) in [7, 11) is 0. The minimum atomic E-state index is -0.662. The van der Waals surface area contributed by atoms with Crippen LogP contribution in [0.4, 0.5) is 4.39 Å². The van der Waals surface area contributed by atoms with Crippen LogP contribution < -0.4 is 5.73 Å². The summed E-state index contributed by atoms with van der Waals surface area (Å²) in [6, 6.07) is 5.93. The molecule has 0 saturated heterocycles. The molecule has 0 unspecified atom stereocenters. The van der Waals surface area contributed by atoms with Crippen LogP contribution in [0.15, 0.2) is 34.1 Å². The van der Waals surface area contributed by atoms with Gasteiger partial charge < -0.3 is 10.8 Å². The second kappa shape index (κ2) is 4.53. The van der Waals surface area contributed by atoms with E-state index in [-0.39, 0.29) is 0 Å². The number of halogens is 2. The number of benzene rings is 1. The summed E-state index contributed by atoms with van der Waals surface area (Å²) in [5.74, 6) is -1.06. The Labute approximate surface area is 105 Å². The van der Waals surface area contributed by atoms with Crippen molar-refractivity contribution in [3.8, 4) is 5.75 Å². The first-order valence-corrected chi connectivity index (χ1v) is 6.24. The Morgan fingerprint density at radius 1 is 1.38 bits per heavy atom. The van der Waals surface area contributed by atoms with Crippen molar-refractivity contribution in [1.29, 1.82) is 0 Å². The number of nitrogens with two attached hydrogens (primary N) is 1. The van der Waals surface area contributed by atoms with Crippen molar-refractivity contribution >= 4 is 27.3 Å². The van der Waals surface area contributed by atoms with Crippen LogP contribution in [0.3, 0.4) is 0 Å².